The summed E-state index contributed by atoms with van der Waals surface area (Å²) in [4.78, 5) is 31.9. The van der Waals surface area contributed by atoms with Crippen molar-refractivity contribution in [1.29, 1.82) is 0 Å². The van der Waals surface area contributed by atoms with E-state index in [0.717, 1.165) is 12.5 Å². The first-order valence-electron chi connectivity index (χ1n) is 8.92. The molecule has 1 fully saturated rings. The highest BCUT2D eigenvalue weighted by Crippen LogP contribution is 2.04. The van der Waals surface area contributed by atoms with Crippen LogP contribution in [-0.2, 0) is 4.74 Å². The zero-order valence-corrected chi connectivity index (χ0v) is 18.1. The van der Waals surface area contributed by atoms with Crippen molar-refractivity contribution in [2.24, 2.45) is 4.99 Å². The number of hydrogen-bond donors (Lipinski definition) is 2. The van der Waals surface area contributed by atoms with Crippen LogP contribution in [0.15, 0.2) is 27.8 Å². The number of ether oxygens (including phenoxy) is 1. The summed E-state index contributed by atoms with van der Waals surface area (Å²) in [7, 11) is 0. The minimum Gasteiger partial charge on any atom is -0.459 e. The Kier molecular flexibility index (Phi) is 10.6. The molecule has 0 aliphatic carbocycles. The predicted molar refractivity (Wildman–Crippen MR) is 113 cm³/mol. The second-order valence-electron chi connectivity index (χ2n) is 5.64. The quantitative estimate of drug-likeness (QED) is 0.269. The maximum atomic E-state index is 11.8. The van der Waals surface area contributed by atoms with Crippen molar-refractivity contribution in [1.82, 2.24) is 20.4 Å². The number of nitrogens with zero attached hydrogens (tertiary/aromatic N) is 3. The van der Waals surface area contributed by atoms with E-state index in [1.807, 2.05) is 6.92 Å². The van der Waals surface area contributed by atoms with Crippen LogP contribution in [0.1, 0.15) is 24.4 Å². The van der Waals surface area contributed by atoms with Gasteiger partial charge in [-0.2, -0.15) is 0 Å². The number of guanidine groups is 1. The molecule has 1 aliphatic rings. The van der Waals surface area contributed by atoms with Gasteiger partial charge in [-0.25, -0.2) is 4.79 Å². The Hall–Kier alpha value is -1.98. The number of halogens is 1. The second kappa shape index (κ2) is 12.4. The van der Waals surface area contributed by atoms with Gasteiger partial charge in [-0.05, 0) is 26.0 Å². The third-order valence-corrected chi connectivity index (χ3v) is 3.84. The van der Waals surface area contributed by atoms with Gasteiger partial charge < -0.3 is 29.6 Å². The SMILES string of the molecule is CCNC(=NCCNC(=O)c1ccco1)N1CCN(C(=O)OCC)CC1.I. The van der Waals surface area contributed by atoms with E-state index in [9.17, 15) is 9.59 Å². The molecule has 152 valence electrons. The van der Waals surface area contributed by atoms with Crippen LogP contribution >= 0.6 is 24.0 Å². The van der Waals surface area contributed by atoms with E-state index in [-0.39, 0.29) is 41.7 Å². The molecule has 10 heteroatoms. The minimum absolute atomic E-state index is 0. The molecule has 0 saturated carbocycles. The Labute approximate surface area is 176 Å². The van der Waals surface area contributed by atoms with E-state index in [1.165, 1.54) is 6.26 Å². The van der Waals surface area contributed by atoms with Crippen molar-refractivity contribution >= 4 is 41.9 Å². The maximum absolute atomic E-state index is 11.8. The zero-order valence-electron chi connectivity index (χ0n) is 15.8. The average molecular weight is 493 g/mol. The van der Waals surface area contributed by atoms with E-state index < -0.39 is 0 Å². The summed E-state index contributed by atoms with van der Waals surface area (Å²) in [5.74, 6) is 0.817. The number of piperazine rings is 1. The van der Waals surface area contributed by atoms with Gasteiger partial charge in [-0.15, -0.1) is 24.0 Å². The van der Waals surface area contributed by atoms with Crippen molar-refractivity contribution in [2.45, 2.75) is 13.8 Å². The highest BCUT2D eigenvalue weighted by molar-refractivity contribution is 14.0. The van der Waals surface area contributed by atoms with Crippen molar-refractivity contribution in [2.75, 3.05) is 52.4 Å². The van der Waals surface area contributed by atoms with Gasteiger partial charge in [0.25, 0.3) is 5.91 Å². The molecule has 2 rings (SSSR count). The van der Waals surface area contributed by atoms with Gasteiger partial charge in [0, 0.05) is 39.3 Å². The van der Waals surface area contributed by atoms with E-state index in [0.29, 0.717) is 45.9 Å². The summed E-state index contributed by atoms with van der Waals surface area (Å²) in [5, 5.41) is 6.01. The number of amides is 2. The molecule has 9 nitrogen and oxygen atoms in total. The Morgan fingerprint density at radius 2 is 1.89 bits per heavy atom. The normalized spacial score (nSPS) is 14.4. The van der Waals surface area contributed by atoms with Crippen molar-refractivity contribution in [3.63, 3.8) is 0 Å². The number of carbonyl (C=O) groups excluding carboxylic acids is 2. The lowest BCUT2D eigenvalue weighted by Gasteiger charge is -2.35. The Balaban J connectivity index is 0.00000364. The lowest BCUT2D eigenvalue weighted by Crippen LogP contribution is -2.54. The Bertz CT molecular complexity index is 600. The second-order valence-corrected chi connectivity index (χ2v) is 5.64. The summed E-state index contributed by atoms with van der Waals surface area (Å²) >= 11 is 0. The van der Waals surface area contributed by atoms with Crippen LogP contribution in [0.4, 0.5) is 4.79 Å². The van der Waals surface area contributed by atoms with Crippen LogP contribution in [0.2, 0.25) is 0 Å². The fourth-order valence-electron chi connectivity index (χ4n) is 2.57. The summed E-state index contributed by atoms with van der Waals surface area (Å²) in [6, 6.07) is 3.29. The highest BCUT2D eigenvalue weighted by Gasteiger charge is 2.23. The van der Waals surface area contributed by atoms with E-state index in [4.69, 9.17) is 9.15 Å². The molecule has 1 aromatic heterocycles. The smallest absolute Gasteiger partial charge is 0.409 e. The first-order chi connectivity index (χ1) is 12.7. The highest BCUT2D eigenvalue weighted by atomic mass is 127. The van der Waals surface area contributed by atoms with Crippen LogP contribution < -0.4 is 10.6 Å². The van der Waals surface area contributed by atoms with Crippen LogP contribution in [0.5, 0.6) is 0 Å². The Morgan fingerprint density at radius 1 is 1.19 bits per heavy atom. The first-order valence-corrected chi connectivity index (χ1v) is 8.92. The van der Waals surface area contributed by atoms with Gasteiger partial charge in [0.1, 0.15) is 0 Å². The molecule has 27 heavy (non-hydrogen) atoms. The zero-order chi connectivity index (χ0) is 18.8. The predicted octanol–water partition coefficient (Wildman–Crippen LogP) is 1.37. The summed E-state index contributed by atoms with van der Waals surface area (Å²) in [5.41, 5.74) is 0. The number of nitrogens with one attached hydrogen (secondary N) is 2. The average Bonchev–Trinajstić information content (AvgIpc) is 3.19. The van der Waals surface area contributed by atoms with Crippen LogP contribution in [-0.4, -0.2) is 80.2 Å². The molecule has 0 atom stereocenters. The monoisotopic (exact) mass is 493 g/mol. The molecule has 1 saturated heterocycles. The lowest BCUT2D eigenvalue weighted by molar-refractivity contribution is 0.0913. The molecule has 0 unspecified atom stereocenters. The van der Waals surface area contributed by atoms with Crippen LogP contribution in [0, 0.1) is 0 Å². The molecule has 2 N–H and O–H groups in total. The summed E-state index contributed by atoms with van der Waals surface area (Å²) in [6.45, 7) is 8.36. The van der Waals surface area contributed by atoms with Crippen molar-refractivity contribution in [3.05, 3.63) is 24.2 Å². The summed E-state index contributed by atoms with van der Waals surface area (Å²) in [6.07, 6.45) is 1.20. The number of furan rings is 1. The molecule has 0 radical (unpaired) electrons. The third kappa shape index (κ3) is 7.27. The van der Waals surface area contributed by atoms with Crippen molar-refractivity contribution in [3.8, 4) is 0 Å². The fraction of sp³-hybridized carbons (Fsp3) is 0.588. The van der Waals surface area contributed by atoms with Gasteiger partial charge in [0.15, 0.2) is 11.7 Å². The molecule has 0 aromatic carbocycles. The number of rotatable bonds is 6. The number of carbonyl (C=O) groups is 2. The molecule has 1 aromatic rings. The van der Waals surface area contributed by atoms with Crippen LogP contribution in [0.3, 0.4) is 0 Å². The Morgan fingerprint density at radius 3 is 2.48 bits per heavy atom. The topological polar surface area (TPSA) is 99.4 Å². The fourth-order valence-corrected chi connectivity index (χ4v) is 2.57. The lowest BCUT2D eigenvalue weighted by atomic mass is 10.3. The molecular formula is C17H28IN5O4. The van der Waals surface area contributed by atoms with Gasteiger partial charge in [0.2, 0.25) is 0 Å². The van der Waals surface area contributed by atoms with E-state index >= 15 is 0 Å². The molecule has 0 bridgehead atoms. The van der Waals surface area contributed by atoms with Gasteiger partial charge in [0.05, 0.1) is 19.4 Å². The van der Waals surface area contributed by atoms with E-state index in [1.54, 1.807) is 24.0 Å². The molecule has 2 amide bonds. The molecule has 0 spiro atoms. The third-order valence-electron chi connectivity index (χ3n) is 3.84. The number of aliphatic imine (C=N–C) groups is 1. The van der Waals surface area contributed by atoms with Gasteiger partial charge in [-0.3, -0.25) is 9.79 Å². The minimum atomic E-state index is -0.269. The standard InChI is InChI=1S/C17H27N5O4.HI/c1-3-18-16(20-8-7-19-15(23)14-6-5-13-26-14)21-9-11-22(12-10-21)17(24)25-4-2;/h5-6,13H,3-4,7-12H2,1-2H3,(H,18,20)(H,19,23);1H. The molecular weight excluding hydrogens is 465 g/mol. The first kappa shape index (κ1) is 23.1. The van der Waals surface area contributed by atoms with Crippen LogP contribution in [0.25, 0.3) is 0 Å². The molecule has 1 aliphatic heterocycles. The largest absolute Gasteiger partial charge is 0.459 e. The number of hydrogen-bond acceptors (Lipinski definition) is 5. The van der Waals surface area contributed by atoms with Gasteiger partial charge in [-0.1, -0.05) is 0 Å². The van der Waals surface area contributed by atoms with Crippen molar-refractivity contribution < 1.29 is 18.7 Å². The molecule has 2 heterocycles. The summed E-state index contributed by atoms with van der Waals surface area (Å²) < 4.78 is 10.1. The van der Waals surface area contributed by atoms with E-state index in [2.05, 4.69) is 20.5 Å². The van der Waals surface area contributed by atoms with Gasteiger partial charge >= 0.3 is 6.09 Å². The maximum Gasteiger partial charge on any atom is 0.409 e.